The summed E-state index contributed by atoms with van der Waals surface area (Å²) in [5, 5.41) is 44.8. The van der Waals surface area contributed by atoms with Gasteiger partial charge in [0.1, 0.15) is 40.4 Å². The van der Waals surface area contributed by atoms with Gasteiger partial charge in [0, 0.05) is 145 Å². The van der Waals surface area contributed by atoms with Crippen molar-refractivity contribution in [2.24, 2.45) is 56.4 Å². The predicted octanol–water partition coefficient (Wildman–Crippen LogP) is -2.43. The van der Waals surface area contributed by atoms with Gasteiger partial charge in [-0.05, 0) is 30.3 Å². The number of nitrogens with one attached hydrogen (secondary N) is 10. The number of carboxylic acid groups (broad SMARTS) is 2. The van der Waals surface area contributed by atoms with E-state index in [-0.39, 0.29) is 101 Å². The third-order valence-corrected chi connectivity index (χ3v) is 14.6. The van der Waals surface area contributed by atoms with Crippen molar-refractivity contribution in [3.05, 3.63) is 132 Å². The maximum Gasteiger partial charge on any atom is 0.430 e. The van der Waals surface area contributed by atoms with E-state index in [1.165, 1.54) is 91.7 Å². The Hall–Kier alpha value is -12.9. The highest BCUT2D eigenvalue weighted by atomic mass is 19.4. The van der Waals surface area contributed by atoms with Gasteiger partial charge < -0.3 is 130 Å². The van der Waals surface area contributed by atoms with Gasteiger partial charge >= 0.3 is 12.4 Å². The average molecular weight is 1510 g/mol. The largest absolute Gasteiger partial charge is 0.542 e. The van der Waals surface area contributed by atoms with Crippen LogP contribution >= 0.6 is 0 Å². The standard InChI is InChI=1S/C58H73N23O12.2C2HF3O2/c1-74-16-14-62-47(74)56(89)72-44-31-81(8)49(71-44)58(91)73-45-32-80(7)48(70-45)57(90)69-37-22-40(76(3)30-37)51(84)63-12-9-38(60)50(83)65-33-23-41(77(4)26-33)53(86)67-35-25-43(79(6)28-35)55(88)68-36-24-42(78(5)29-36)54(87)66-34-21-39(75(2)27-34)52(85)64-13-10-46(82)61-15-18-93-20-19-92-17-11-59;2*3-2(4,5)1(6)7/h14,16,21-32,38H,9-13,15,17-20,59-60H2,1-8H3,(H,61,82)(H,63,84)(H,64,85)(H,65,83)(H,66,87)(H,67,86)(H,68,88)(H,69,90)(H,72,89)(H,73,91);2*(H,6,7)/t38-;;/m1../s1. The molecule has 0 saturated carbocycles. The molecule has 0 aromatic carbocycles. The molecular formula is C62H75F6N23O16. The van der Waals surface area contributed by atoms with Crippen molar-refractivity contribution in [1.29, 1.82) is 0 Å². The minimum Gasteiger partial charge on any atom is -0.542 e. The molecule has 0 fully saturated rings. The number of imidazole rings is 3. The summed E-state index contributed by atoms with van der Waals surface area (Å²) in [4.78, 5) is 161. The number of carbonyl (C=O) groups is 12. The second-order valence-electron chi connectivity index (χ2n) is 23.1. The number of halogens is 6. The first-order chi connectivity index (χ1) is 50.2. The van der Waals surface area contributed by atoms with Crippen LogP contribution in [0, 0.1) is 0 Å². The molecule has 39 nitrogen and oxygen atoms in total. The SMILES string of the molecule is Cn1cc(NC(=O)c2cc(NC(=O)c3cc(NC(=O)c4cc(NC(=O)[C@H]([NH3+])CCNC(=O)c5cc(NC(=O)c6nc(NC(=O)c7nc(NC(=O)c8nccn8C)cn7C)cn6C)cn5C)cn4C)cn3C)cn2C)cc1C(=O)NCCC(=O)NCCOCCOCC[NH3+].O=C([O-])C(F)(F)F.O=C([O-])C(F)(F)F. The lowest BCUT2D eigenvalue weighted by atomic mass is 10.2. The van der Waals surface area contributed by atoms with E-state index in [0.717, 1.165) is 0 Å². The van der Waals surface area contributed by atoms with Gasteiger partial charge in [-0.25, -0.2) is 15.0 Å². The Morgan fingerprint density at radius 1 is 0.430 bits per heavy atom. The molecular weight excluding hydrogens is 1440 g/mol. The number of nitrogens with zero attached hydrogens (tertiary/aromatic N) is 11. The molecule has 0 unspecified atom stereocenters. The number of alkyl halides is 6. The molecule has 8 aromatic rings. The van der Waals surface area contributed by atoms with Gasteiger partial charge in [-0.15, -0.1) is 0 Å². The Labute approximate surface area is 601 Å². The minimum atomic E-state index is -5.19. The minimum absolute atomic E-state index is 0.0437. The van der Waals surface area contributed by atoms with Crippen molar-refractivity contribution < 1.29 is 115 Å². The molecule has 107 heavy (non-hydrogen) atoms. The summed E-state index contributed by atoms with van der Waals surface area (Å²) in [5.74, 6) is -10.9. The maximum atomic E-state index is 13.5. The molecule has 0 bridgehead atoms. The Bertz CT molecular complexity index is 4560. The first kappa shape index (κ1) is 83.0. The maximum absolute atomic E-state index is 13.5. The molecule has 8 rings (SSSR count). The summed E-state index contributed by atoms with van der Waals surface area (Å²) >= 11 is 0. The lowest BCUT2D eigenvalue weighted by Crippen LogP contribution is -2.67. The zero-order chi connectivity index (χ0) is 79.4. The first-order valence-corrected chi connectivity index (χ1v) is 31.5. The molecule has 16 N–H and O–H groups in total. The predicted molar refractivity (Wildman–Crippen MR) is 358 cm³/mol. The van der Waals surface area contributed by atoms with Crippen LogP contribution in [0.2, 0.25) is 0 Å². The van der Waals surface area contributed by atoms with Crippen LogP contribution in [-0.2, 0) is 85.0 Å². The quantitative estimate of drug-likeness (QED) is 0.0165. The van der Waals surface area contributed by atoms with E-state index in [9.17, 15) is 74.3 Å². The normalized spacial score (nSPS) is 11.4. The van der Waals surface area contributed by atoms with Gasteiger partial charge in [-0.3, -0.25) is 47.9 Å². The van der Waals surface area contributed by atoms with Crippen LogP contribution in [0.25, 0.3) is 0 Å². The van der Waals surface area contributed by atoms with E-state index in [1.54, 1.807) is 87.4 Å². The Morgan fingerprint density at radius 2 is 0.776 bits per heavy atom. The molecule has 45 heteroatoms. The molecule has 8 aromatic heterocycles. The number of aryl methyl sites for hydroxylation is 8. The van der Waals surface area contributed by atoms with Crippen molar-refractivity contribution in [2.75, 3.05) is 89.8 Å². The molecule has 0 radical (unpaired) electrons. The number of quaternary nitrogens is 2. The number of carbonyl (C=O) groups excluding carboxylic acids is 12. The van der Waals surface area contributed by atoms with Crippen molar-refractivity contribution in [1.82, 2.24) is 67.4 Å². The molecule has 8 heterocycles. The van der Waals surface area contributed by atoms with Crippen LogP contribution in [0.5, 0.6) is 0 Å². The number of hydrogen-bond acceptors (Lipinski definition) is 19. The Kier molecular flexibility index (Phi) is 28.7. The summed E-state index contributed by atoms with van der Waals surface area (Å²) in [7, 11) is 12.9. The molecule has 576 valence electrons. The first-order valence-electron chi connectivity index (χ1n) is 31.5. The molecule has 0 saturated heterocycles. The third-order valence-electron chi connectivity index (χ3n) is 14.6. The number of ether oxygens (including phenoxy) is 2. The van der Waals surface area contributed by atoms with Crippen LogP contribution in [0.15, 0.2) is 86.1 Å². The highest BCUT2D eigenvalue weighted by molar-refractivity contribution is 6.10. The van der Waals surface area contributed by atoms with E-state index in [0.29, 0.717) is 56.6 Å². The van der Waals surface area contributed by atoms with Crippen LogP contribution in [0.1, 0.15) is 97.1 Å². The third kappa shape index (κ3) is 24.1. The van der Waals surface area contributed by atoms with E-state index in [4.69, 9.17) is 29.3 Å². The van der Waals surface area contributed by atoms with Gasteiger partial charge in [0.2, 0.25) is 17.6 Å². The van der Waals surface area contributed by atoms with Crippen molar-refractivity contribution in [2.45, 2.75) is 31.2 Å². The van der Waals surface area contributed by atoms with E-state index < -0.39 is 83.5 Å². The molecule has 0 aliphatic rings. The Balaban J connectivity index is 0.00000116. The van der Waals surface area contributed by atoms with E-state index in [2.05, 4.69) is 79.6 Å². The number of amides is 10. The van der Waals surface area contributed by atoms with Gasteiger partial charge in [0.05, 0.1) is 61.4 Å². The van der Waals surface area contributed by atoms with Crippen LogP contribution < -0.4 is 74.8 Å². The fourth-order valence-electron chi connectivity index (χ4n) is 9.45. The van der Waals surface area contributed by atoms with Crippen LogP contribution in [0.4, 0.5) is 66.4 Å². The number of anilines is 7. The van der Waals surface area contributed by atoms with Crippen molar-refractivity contribution in [3.8, 4) is 0 Å². The zero-order valence-corrected chi connectivity index (χ0v) is 58.4. The zero-order valence-electron chi connectivity index (χ0n) is 58.4. The summed E-state index contributed by atoms with van der Waals surface area (Å²) in [6.07, 6.45) is 3.49. The van der Waals surface area contributed by atoms with Crippen molar-refractivity contribution in [3.63, 3.8) is 0 Å². The fourth-order valence-corrected chi connectivity index (χ4v) is 9.45. The lowest BCUT2D eigenvalue weighted by molar-refractivity contribution is -0.403. The van der Waals surface area contributed by atoms with E-state index >= 15 is 0 Å². The molecule has 0 aliphatic carbocycles. The van der Waals surface area contributed by atoms with Crippen LogP contribution in [-0.4, -0.2) is 194 Å². The smallest absolute Gasteiger partial charge is 0.430 e. The van der Waals surface area contributed by atoms with Gasteiger partial charge in [-0.1, -0.05) is 0 Å². The van der Waals surface area contributed by atoms with Crippen LogP contribution in [0.3, 0.4) is 0 Å². The molecule has 0 spiro atoms. The summed E-state index contributed by atoms with van der Waals surface area (Å²) in [5.41, 5.74) is 10.1. The number of aliphatic carboxylic acids is 2. The second kappa shape index (κ2) is 37.0. The average Bonchev–Trinajstić information content (AvgIpc) is 1.68. The van der Waals surface area contributed by atoms with Crippen molar-refractivity contribution >= 4 is 111 Å². The van der Waals surface area contributed by atoms with Gasteiger partial charge in [-0.2, -0.15) is 26.3 Å². The molecule has 1 atom stereocenters. The molecule has 0 aliphatic heterocycles. The lowest BCUT2D eigenvalue weighted by Gasteiger charge is -2.10. The summed E-state index contributed by atoms with van der Waals surface area (Å²) in [6, 6.07) is 6.54. The fraction of sp³-hybridized carbons (Fsp3) is 0.339. The number of rotatable bonds is 30. The highest BCUT2D eigenvalue weighted by Gasteiger charge is 2.30. The number of aromatic nitrogens is 11. The van der Waals surface area contributed by atoms with Gasteiger partial charge in [0.25, 0.3) is 53.2 Å². The number of hydrogen-bond donors (Lipinski definition) is 12. The topological polar surface area (TPSA) is 523 Å². The van der Waals surface area contributed by atoms with Gasteiger partial charge in [0.15, 0.2) is 23.5 Å². The monoisotopic (exact) mass is 1510 g/mol. The highest BCUT2D eigenvalue weighted by Crippen LogP contribution is 2.23. The summed E-state index contributed by atoms with van der Waals surface area (Å²) in [6.45, 7) is 2.86. The van der Waals surface area contributed by atoms with E-state index in [1.807, 2.05) is 0 Å². The Morgan fingerprint density at radius 3 is 1.15 bits per heavy atom. The summed E-state index contributed by atoms with van der Waals surface area (Å²) < 4.78 is 85.7. The molecule has 10 amide bonds. The number of carboxylic acids is 2. The second-order valence-corrected chi connectivity index (χ2v) is 23.1.